The van der Waals surface area contributed by atoms with Gasteiger partial charge in [-0.15, -0.1) is 0 Å². The van der Waals surface area contributed by atoms with E-state index in [0.29, 0.717) is 5.56 Å². The number of anilines is 4. The standard InChI is InChI=1S/C48H38N4/c1-30-23-31(2)25-38(24-30)51(37-12-8-9-32(26-37)28-49)42-21-16-34-15-19-40-43(22-17-35-14-18-39(42)45(34)46(35)40)52-44-20-13-33(29-50)27-41(44)48(3,4)47(52)36-10-6-5-7-11-36/h5-7,10-27,47H,8-9H2,1-4H3. The van der Waals surface area contributed by atoms with Crippen molar-refractivity contribution in [1.82, 2.24) is 0 Å². The minimum absolute atomic E-state index is 0.0195. The lowest BCUT2D eigenvalue weighted by Crippen LogP contribution is -2.31. The van der Waals surface area contributed by atoms with Crippen LogP contribution in [0.3, 0.4) is 0 Å². The summed E-state index contributed by atoms with van der Waals surface area (Å²) in [6, 6.07) is 46.6. The first-order valence-corrected chi connectivity index (χ1v) is 18.1. The highest BCUT2D eigenvalue weighted by molar-refractivity contribution is 6.28. The highest BCUT2D eigenvalue weighted by atomic mass is 15.2. The van der Waals surface area contributed by atoms with Crippen LogP contribution in [-0.2, 0) is 5.41 Å². The lowest BCUT2D eigenvalue weighted by molar-refractivity contribution is 0.449. The first-order chi connectivity index (χ1) is 25.3. The zero-order chi connectivity index (χ0) is 35.7. The molecule has 1 aliphatic carbocycles. The van der Waals surface area contributed by atoms with Gasteiger partial charge in [0.25, 0.3) is 0 Å². The molecule has 7 aromatic rings. The van der Waals surface area contributed by atoms with Crippen molar-refractivity contribution in [1.29, 1.82) is 10.5 Å². The summed E-state index contributed by atoms with van der Waals surface area (Å²) in [4.78, 5) is 4.86. The molecule has 1 aliphatic heterocycles. The third kappa shape index (κ3) is 4.79. The van der Waals surface area contributed by atoms with E-state index in [0.717, 1.165) is 46.9 Å². The van der Waals surface area contributed by atoms with Gasteiger partial charge in [-0.1, -0.05) is 92.7 Å². The third-order valence-electron chi connectivity index (χ3n) is 11.2. The SMILES string of the molecule is Cc1cc(C)cc(N(C2=CCCC(C#N)=C2)c2ccc3ccc4c(N5c6ccc(C#N)cc6C(C)(C)C5c5ccccc5)ccc5ccc2c3c54)c1. The van der Waals surface area contributed by atoms with Crippen molar-refractivity contribution >= 4 is 55.1 Å². The Labute approximate surface area is 305 Å². The highest BCUT2D eigenvalue weighted by Gasteiger charge is 2.46. The van der Waals surface area contributed by atoms with Gasteiger partial charge in [-0.2, -0.15) is 10.5 Å². The van der Waals surface area contributed by atoms with Crippen LogP contribution < -0.4 is 9.80 Å². The van der Waals surface area contributed by atoms with Crippen molar-refractivity contribution in [2.75, 3.05) is 9.80 Å². The average molecular weight is 671 g/mol. The monoisotopic (exact) mass is 670 g/mol. The number of fused-ring (bicyclic) bond motifs is 1. The van der Waals surface area contributed by atoms with Crippen LogP contribution in [0.1, 0.15) is 60.5 Å². The van der Waals surface area contributed by atoms with Crippen LogP contribution in [0.15, 0.2) is 139 Å². The summed E-state index contributed by atoms with van der Waals surface area (Å²) < 4.78 is 0. The fourth-order valence-electron chi connectivity index (χ4n) is 9.02. The lowest BCUT2D eigenvalue weighted by atomic mass is 9.77. The van der Waals surface area contributed by atoms with Crippen LogP contribution in [-0.4, -0.2) is 0 Å². The van der Waals surface area contributed by atoms with Gasteiger partial charge < -0.3 is 9.80 Å². The summed E-state index contributed by atoms with van der Waals surface area (Å²) in [6.07, 6.45) is 5.92. The summed E-state index contributed by atoms with van der Waals surface area (Å²) in [7, 11) is 0. The Kier molecular flexibility index (Phi) is 7.21. The largest absolute Gasteiger partial charge is 0.332 e. The summed E-state index contributed by atoms with van der Waals surface area (Å²) in [5.41, 5.74) is 11.6. The van der Waals surface area contributed by atoms with Gasteiger partial charge >= 0.3 is 0 Å². The molecule has 0 aromatic heterocycles. The van der Waals surface area contributed by atoms with E-state index in [1.807, 2.05) is 6.07 Å². The maximum absolute atomic E-state index is 9.92. The molecule has 0 amide bonds. The van der Waals surface area contributed by atoms with Gasteiger partial charge in [0.2, 0.25) is 0 Å². The van der Waals surface area contributed by atoms with E-state index in [1.54, 1.807) is 0 Å². The molecule has 0 saturated heterocycles. The number of aryl methyl sites for hydroxylation is 2. The molecule has 0 radical (unpaired) electrons. The van der Waals surface area contributed by atoms with Crippen LogP contribution >= 0.6 is 0 Å². The van der Waals surface area contributed by atoms with E-state index in [4.69, 9.17) is 0 Å². The molecule has 4 nitrogen and oxygen atoms in total. The molecular weight excluding hydrogens is 633 g/mol. The Balaban J connectivity index is 1.32. The van der Waals surface area contributed by atoms with E-state index < -0.39 is 0 Å². The van der Waals surface area contributed by atoms with Crippen molar-refractivity contribution in [3.05, 3.63) is 167 Å². The fourth-order valence-corrected chi connectivity index (χ4v) is 9.02. The van der Waals surface area contributed by atoms with Gasteiger partial charge in [0.15, 0.2) is 0 Å². The minimum atomic E-state index is -0.267. The van der Waals surface area contributed by atoms with Crippen LogP contribution in [0.25, 0.3) is 32.3 Å². The Bertz CT molecular complexity index is 2700. The van der Waals surface area contributed by atoms with Crippen molar-refractivity contribution in [2.24, 2.45) is 0 Å². The van der Waals surface area contributed by atoms with Gasteiger partial charge in [0.05, 0.1) is 29.4 Å². The zero-order valence-corrected chi connectivity index (χ0v) is 29.9. The second-order valence-electron chi connectivity index (χ2n) is 15.0. The quantitative estimate of drug-likeness (QED) is 0.171. The van der Waals surface area contributed by atoms with Gasteiger partial charge in [0.1, 0.15) is 0 Å². The van der Waals surface area contributed by atoms with Crippen LogP contribution in [0.4, 0.5) is 22.7 Å². The second kappa shape index (κ2) is 11.9. The molecule has 1 atom stereocenters. The predicted molar refractivity (Wildman–Crippen MR) is 215 cm³/mol. The smallest absolute Gasteiger partial charge is 0.0991 e. The molecule has 52 heavy (non-hydrogen) atoms. The number of hydrogen-bond donors (Lipinski definition) is 0. The van der Waals surface area contributed by atoms with E-state index in [1.165, 1.54) is 54.6 Å². The molecule has 0 spiro atoms. The average Bonchev–Trinajstić information content (AvgIpc) is 3.39. The summed E-state index contributed by atoms with van der Waals surface area (Å²) >= 11 is 0. The predicted octanol–water partition coefficient (Wildman–Crippen LogP) is 12.5. The maximum Gasteiger partial charge on any atom is 0.0991 e. The Morgan fingerprint density at radius 1 is 0.712 bits per heavy atom. The van der Waals surface area contributed by atoms with E-state index >= 15 is 0 Å². The molecule has 9 rings (SSSR count). The number of benzene rings is 7. The zero-order valence-electron chi connectivity index (χ0n) is 29.9. The van der Waals surface area contributed by atoms with Crippen molar-refractivity contribution in [3.63, 3.8) is 0 Å². The number of nitrogens with zero attached hydrogens (tertiary/aromatic N) is 4. The molecule has 1 heterocycles. The fraction of sp³-hybridized carbons (Fsp3) is 0.167. The van der Waals surface area contributed by atoms with Crippen LogP contribution in [0.5, 0.6) is 0 Å². The van der Waals surface area contributed by atoms with Crippen molar-refractivity contribution in [2.45, 2.75) is 52.0 Å². The Morgan fingerprint density at radius 3 is 2.12 bits per heavy atom. The molecular formula is C48H38N4. The van der Waals surface area contributed by atoms with Gasteiger partial charge in [0, 0.05) is 44.5 Å². The number of hydrogen-bond acceptors (Lipinski definition) is 4. The first-order valence-electron chi connectivity index (χ1n) is 18.1. The summed E-state index contributed by atoms with van der Waals surface area (Å²) in [6.45, 7) is 8.91. The van der Waals surface area contributed by atoms with Crippen molar-refractivity contribution < 1.29 is 0 Å². The molecule has 4 heteroatoms. The highest BCUT2D eigenvalue weighted by Crippen LogP contribution is 2.57. The van der Waals surface area contributed by atoms with E-state index in [-0.39, 0.29) is 11.5 Å². The van der Waals surface area contributed by atoms with Crippen LogP contribution in [0.2, 0.25) is 0 Å². The normalized spacial score (nSPS) is 16.4. The van der Waals surface area contributed by atoms with E-state index in [2.05, 4.69) is 171 Å². The summed E-state index contributed by atoms with van der Waals surface area (Å²) in [5, 5.41) is 27.0. The summed E-state index contributed by atoms with van der Waals surface area (Å²) in [5.74, 6) is 0. The van der Waals surface area contributed by atoms with Crippen LogP contribution in [0, 0.1) is 36.5 Å². The van der Waals surface area contributed by atoms with Gasteiger partial charge in [-0.25, -0.2) is 0 Å². The topological polar surface area (TPSA) is 54.1 Å². The molecule has 7 aromatic carbocycles. The van der Waals surface area contributed by atoms with Gasteiger partial charge in [-0.05, 0) is 119 Å². The van der Waals surface area contributed by atoms with E-state index in [9.17, 15) is 10.5 Å². The number of rotatable bonds is 5. The van der Waals surface area contributed by atoms with Gasteiger partial charge in [-0.3, -0.25) is 0 Å². The first kappa shape index (κ1) is 31.6. The molecule has 2 aliphatic rings. The third-order valence-corrected chi connectivity index (χ3v) is 11.2. The molecule has 1 unspecified atom stereocenters. The molecule has 0 fully saturated rings. The molecule has 250 valence electrons. The lowest BCUT2D eigenvalue weighted by Gasteiger charge is -2.36. The van der Waals surface area contributed by atoms with Crippen molar-refractivity contribution in [3.8, 4) is 12.1 Å². The number of nitriles is 2. The minimum Gasteiger partial charge on any atom is -0.332 e. The number of allylic oxidation sites excluding steroid dienone is 3. The Morgan fingerprint density at radius 2 is 1.38 bits per heavy atom. The Hall–Kier alpha value is -6.36. The maximum atomic E-state index is 9.92. The molecule has 0 saturated carbocycles. The molecule has 0 bridgehead atoms. The molecule has 0 N–H and O–H groups in total. The second-order valence-corrected chi connectivity index (χ2v) is 15.0.